The Hall–Kier alpha value is -4.76. The van der Waals surface area contributed by atoms with Gasteiger partial charge in [0.1, 0.15) is 6.61 Å². The van der Waals surface area contributed by atoms with E-state index in [9.17, 15) is 14.7 Å². The molecule has 1 unspecified atom stereocenters. The number of furan rings is 1. The SMILES string of the molecule is CCN(CC)CCCN1C(=O)C(O)=C(C(=O)c2cc3cccc(OC)c3o2)C1c1ccc(OCc2ccccc2)c(OC)c1. The molecule has 1 amide bonds. The molecule has 0 saturated carbocycles. The molecule has 4 aromatic rings. The van der Waals surface area contributed by atoms with Crippen LogP contribution in [0.3, 0.4) is 0 Å². The highest BCUT2D eigenvalue weighted by atomic mass is 16.5. The molecular formula is C35H38N2O7. The minimum atomic E-state index is -0.862. The van der Waals surface area contributed by atoms with Crippen LogP contribution < -0.4 is 14.2 Å². The number of para-hydroxylation sites is 1. The average molecular weight is 599 g/mol. The van der Waals surface area contributed by atoms with E-state index in [0.717, 1.165) is 25.2 Å². The van der Waals surface area contributed by atoms with E-state index in [-0.39, 0.29) is 11.3 Å². The Morgan fingerprint density at radius 2 is 1.68 bits per heavy atom. The van der Waals surface area contributed by atoms with Gasteiger partial charge < -0.3 is 33.5 Å². The van der Waals surface area contributed by atoms with Gasteiger partial charge in [0.2, 0.25) is 5.78 Å². The highest BCUT2D eigenvalue weighted by Gasteiger charge is 2.44. The van der Waals surface area contributed by atoms with Crippen molar-refractivity contribution in [3.05, 3.63) is 101 Å². The summed E-state index contributed by atoms with van der Waals surface area (Å²) in [4.78, 5) is 31.4. The Morgan fingerprint density at radius 3 is 2.39 bits per heavy atom. The molecule has 1 aromatic heterocycles. The first-order valence-corrected chi connectivity index (χ1v) is 14.8. The Bertz CT molecular complexity index is 1660. The molecule has 0 spiro atoms. The van der Waals surface area contributed by atoms with Gasteiger partial charge in [-0.3, -0.25) is 9.59 Å². The van der Waals surface area contributed by atoms with E-state index in [4.69, 9.17) is 18.6 Å². The van der Waals surface area contributed by atoms with Crippen LogP contribution in [0.5, 0.6) is 17.2 Å². The molecule has 0 radical (unpaired) electrons. The molecule has 1 atom stereocenters. The van der Waals surface area contributed by atoms with Crippen molar-refractivity contribution in [1.29, 1.82) is 0 Å². The van der Waals surface area contributed by atoms with E-state index >= 15 is 0 Å². The Kier molecular flexibility index (Phi) is 9.55. The number of carbonyl (C=O) groups is 2. The second-order valence-corrected chi connectivity index (χ2v) is 10.5. The third kappa shape index (κ3) is 6.14. The summed E-state index contributed by atoms with van der Waals surface area (Å²) in [5.41, 5.74) is 1.97. The van der Waals surface area contributed by atoms with Crippen LogP contribution in [0, 0.1) is 0 Å². The highest BCUT2D eigenvalue weighted by Crippen LogP contribution is 2.42. The van der Waals surface area contributed by atoms with Crippen molar-refractivity contribution >= 4 is 22.7 Å². The summed E-state index contributed by atoms with van der Waals surface area (Å²) in [5.74, 6) is -0.317. The number of aliphatic hydroxyl groups excluding tert-OH is 1. The maximum absolute atomic E-state index is 14.1. The minimum Gasteiger partial charge on any atom is -0.503 e. The topological polar surface area (TPSA) is 102 Å². The summed E-state index contributed by atoms with van der Waals surface area (Å²) < 4.78 is 23.1. The quantitative estimate of drug-likeness (QED) is 0.168. The molecule has 2 heterocycles. The standard InChI is InChI=1S/C35H38N2O7/c1-5-36(6-2)18-11-19-37-31(24-16-17-26(28(20-24)42-4)43-22-23-12-8-7-9-13-23)30(33(39)35(37)40)32(38)29-21-25-14-10-15-27(41-3)34(25)44-29/h7-10,12-17,20-21,31,39H,5-6,11,18-19,22H2,1-4H3. The van der Waals surface area contributed by atoms with Crippen molar-refractivity contribution in [3.8, 4) is 17.2 Å². The fourth-order valence-corrected chi connectivity index (χ4v) is 5.62. The van der Waals surface area contributed by atoms with Gasteiger partial charge in [0.25, 0.3) is 5.91 Å². The molecule has 0 saturated heterocycles. The van der Waals surface area contributed by atoms with Crippen molar-refractivity contribution in [2.75, 3.05) is 40.4 Å². The second-order valence-electron chi connectivity index (χ2n) is 10.5. The van der Waals surface area contributed by atoms with Crippen molar-refractivity contribution in [2.45, 2.75) is 32.9 Å². The van der Waals surface area contributed by atoms with Gasteiger partial charge in [-0.2, -0.15) is 0 Å². The van der Waals surface area contributed by atoms with Crippen LogP contribution in [0.4, 0.5) is 0 Å². The first-order valence-electron chi connectivity index (χ1n) is 14.8. The van der Waals surface area contributed by atoms with Crippen LogP contribution in [0.25, 0.3) is 11.0 Å². The maximum Gasteiger partial charge on any atom is 0.290 e. The highest BCUT2D eigenvalue weighted by molar-refractivity contribution is 6.16. The molecule has 0 fully saturated rings. The van der Waals surface area contributed by atoms with Crippen molar-refractivity contribution < 1.29 is 33.3 Å². The number of aliphatic hydroxyl groups is 1. The molecule has 0 aliphatic carbocycles. The number of nitrogens with zero attached hydrogens (tertiary/aromatic N) is 2. The fourth-order valence-electron chi connectivity index (χ4n) is 5.62. The van der Waals surface area contributed by atoms with Crippen LogP contribution >= 0.6 is 0 Å². The number of rotatable bonds is 14. The zero-order chi connectivity index (χ0) is 31.2. The number of ketones is 1. The molecule has 1 aliphatic heterocycles. The van der Waals surface area contributed by atoms with Crippen LogP contribution in [0.2, 0.25) is 0 Å². The van der Waals surface area contributed by atoms with Gasteiger partial charge in [0, 0.05) is 11.9 Å². The van der Waals surface area contributed by atoms with Crippen LogP contribution in [0.1, 0.15) is 48.0 Å². The van der Waals surface area contributed by atoms with Gasteiger partial charge in [-0.25, -0.2) is 0 Å². The Morgan fingerprint density at radius 1 is 0.932 bits per heavy atom. The largest absolute Gasteiger partial charge is 0.503 e. The number of ether oxygens (including phenoxy) is 3. The molecule has 5 rings (SSSR count). The molecule has 1 aliphatic rings. The average Bonchev–Trinajstić information content (AvgIpc) is 3.61. The lowest BCUT2D eigenvalue weighted by Gasteiger charge is -2.28. The molecule has 44 heavy (non-hydrogen) atoms. The molecule has 9 nitrogen and oxygen atoms in total. The van der Waals surface area contributed by atoms with Crippen molar-refractivity contribution in [3.63, 3.8) is 0 Å². The molecule has 3 aromatic carbocycles. The zero-order valence-corrected chi connectivity index (χ0v) is 25.5. The predicted octanol–water partition coefficient (Wildman–Crippen LogP) is 6.34. The van der Waals surface area contributed by atoms with E-state index < -0.39 is 23.5 Å². The van der Waals surface area contributed by atoms with Crippen molar-refractivity contribution in [2.24, 2.45) is 0 Å². The van der Waals surface area contributed by atoms with E-state index in [0.29, 0.717) is 53.4 Å². The summed E-state index contributed by atoms with van der Waals surface area (Å²) in [7, 11) is 3.06. The summed E-state index contributed by atoms with van der Waals surface area (Å²) >= 11 is 0. The number of methoxy groups -OCH3 is 2. The fraction of sp³-hybridized carbons (Fsp3) is 0.314. The van der Waals surface area contributed by atoms with Crippen LogP contribution in [-0.4, -0.2) is 67.0 Å². The number of fused-ring (bicyclic) bond motifs is 1. The van der Waals surface area contributed by atoms with Gasteiger partial charge in [-0.15, -0.1) is 0 Å². The van der Waals surface area contributed by atoms with Gasteiger partial charge in [-0.1, -0.05) is 62.4 Å². The van der Waals surface area contributed by atoms with Gasteiger partial charge in [0.05, 0.1) is 25.8 Å². The molecule has 0 bridgehead atoms. The third-order valence-corrected chi connectivity index (χ3v) is 8.01. The third-order valence-electron chi connectivity index (χ3n) is 8.01. The van der Waals surface area contributed by atoms with E-state index in [1.165, 1.54) is 14.2 Å². The second kappa shape index (κ2) is 13.7. The molecule has 9 heteroatoms. The maximum atomic E-state index is 14.1. The van der Waals surface area contributed by atoms with Crippen molar-refractivity contribution in [1.82, 2.24) is 9.80 Å². The monoisotopic (exact) mass is 598 g/mol. The Balaban J connectivity index is 1.51. The lowest BCUT2D eigenvalue weighted by Crippen LogP contribution is -2.34. The van der Waals surface area contributed by atoms with E-state index in [1.807, 2.05) is 36.4 Å². The zero-order valence-electron chi connectivity index (χ0n) is 25.5. The first-order chi connectivity index (χ1) is 21.4. The van der Waals surface area contributed by atoms with Crippen LogP contribution in [0.15, 0.2) is 88.5 Å². The smallest absolute Gasteiger partial charge is 0.290 e. The minimum absolute atomic E-state index is 0.00335. The summed E-state index contributed by atoms with van der Waals surface area (Å²) in [5, 5.41) is 11.9. The number of Topliss-reactive ketones (excluding diaryl/α,β-unsaturated/α-hetero) is 1. The normalized spacial score (nSPS) is 15.0. The number of amides is 1. The number of hydrogen-bond donors (Lipinski definition) is 1. The first kappa shape index (κ1) is 30.7. The van der Waals surface area contributed by atoms with Crippen LogP contribution in [-0.2, 0) is 11.4 Å². The number of benzene rings is 3. The van der Waals surface area contributed by atoms with Gasteiger partial charge >= 0.3 is 0 Å². The predicted molar refractivity (Wildman–Crippen MR) is 167 cm³/mol. The number of carbonyl (C=O) groups excluding carboxylic acids is 2. The molecule has 230 valence electrons. The Labute approximate surface area is 257 Å². The number of hydrogen-bond acceptors (Lipinski definition) is 8. The van der Waals surface area contributed by atoms with Gasteiger partial charge in [0.15, 0.2) is 34.4 Å². The molecule has 1 N–H and O–H groups in total. The lowest BCUT2D eigenvalue weighted by atomic mass is 9.94. The summed E-state index contributed by atoms with van der Waals surface area (Å²) in [6, 6.07) is 21.2. The summed E-state index contributed by atoms with van der Waals surface area (Å²) in [6.07, 6.45) is 0.663. The molecular weight excluding hydrogens is 560 g/mol. The van der Waals surface area contributed by atoms with E-state index in [1.54, 1.807) is 41.3 Å². The van der Waals surface area contributed by atoms with Gasteiger partial charge in [-0.05, 0) is 61.4 Å². The van der Waals surface area contributed by atoms with E-state index in [2.05, 4.69) is 18.7 Å². The summed E-state index contributed by atoms with van der Waals surface area (Å²) in [6.45, 7) is 7.41. The lowest BCUT2D eigenvalue weighted by molar-refractivity contribution is -0.129.